The highest BCUT2D eigenvalue weighted by Gasteiger charge is 2.22. The van der Waals surface area contributed by atoms with Gasteiger partial charge in [0.1, 0.15) is 5.76 Å². The molecule has 5 aromatic rings. The average molecular weight is 489 g/mol. The van der Waals surface area contributed by atoms with Gasteiger partial charge >= 0.3 is 0 Å². The minimum absolute atomic E-state index is 0.339. The number of carbonyl (C=O) groups is 1. The SMILES string of the molecule is Cc1noc(C)c1-c1cc(C(N)=O)c2c3cc(NS(C)(=O)=O)ccc3n(Cc3ccccc3)c2c1. The van der Waals surface area contributed by atoms with Crippen LogP contribution in [-0.2, 0) is 16.6 Å². The summed E-state index contributed by atoms with van der Waals surface area (Å²) in [7, 11) is -3.48. The number of nitrogens with two attached hydrogens (primary N) is 1. The van der Waals surface area contributed by atoms with Gasteiger partial charge in [-0.2, -0.15) is 0 Å². The largest absolute Gasteiger partial charge is 0.366 e. The molecule has 0 saturated heterocycles. The van der Waals surface area contributed by atoms with Crippen LogP contribution in [0.2, 0.25) is 0 Å². The molecule has 0 aliphatic carbocycles. The van der Waals surface area contributed by atoms with Crippen molar-refractivity contribution in [1.29, 1.82) is 0 Å². The van der Waals surface area contributed by atoms with Crippen LogP contribution in [0.5, 0.6) is 0 Å². The highest BCUT2D eigenvalue weighted by molar-refractivity contribution is 7.92. The lowest BCUT2D eigenvalue weighted by atomic mass is 9.97. The fourth-order valence-electron chi connectivity index (χ4n) is 4.67. The third-order valence-corrected chi connectivity index (χ3v) is 6.65. The van der Waals surface area contributed by atoms with E-state index in [2.05, 4.69) is 14.4 Å². The van der Waals surface area contributed by atoms with E-state index in [1.165, 1.54) is 0 Å². The normalized spacial score (nSPS) is 11.9. The van der Waals surface area contributed by atoms with E-state index in [1.807, 2.05) is 56.3 Å². The Balaban J connectivity index is 1.88. The van der Waals surface area contributed by atoms with E-state index in [4.69, 9.17) is 10.3 Å². The molecule has 3 aromatic carbocycles. The molecule has 0 atom stereocenters. The van der Waals surface area contributed by atoms with Gasteiger partial charge in [0, 0.05) is 39.6 Å². The molecule has 2 heterocycles. The first-order chi connectivity index (χ1) is 16.6. The molecule has 8 nitrogen and oxygen atoms in total. The fraction of sp³-hybridized carbons (Fsp3) is 0.154. The number of amides is 1. The molecule has 3 N–H and O–H groups in total. The summed E-state index contributed by atoms with van der Waals surface area (Å²) in [5, 5.41) is 5.45. The highest BCUT2D eigenvalue weighted by atomic mass is 32.2. The smallest absolute Gasteiger partial charge is 0.249 e. The molecule has 0 fully saturated rings. The molecule has 0 unspecified atom stereocenters. The maximum atomic E-state index is 12.7. The first-order valence-electron chi connectivity index (χ1n) is 11.0. The van der Waals surface area contributed by atoms with Crippen molar-refractivity contribution in [2.24, 2.45) is 5.73 Å². The molecular formula is C26H24N4O4S. The number of hydrogen-bond acceptors (Lipinski definition) is 5. The van der Waals surface area contributed by atoms with E-state index in [0.29, 0.717) is 34.6 Å². The molecule has 35 heavy (non-hydrogen) atoms. The Morgan fingerprint density at radius 2 is 1.80 bits per heavy atom. The Morgan fingerprint density at radius 1 is 1.06 bits per heavy atom. The standard InChI is InChI=1S/C26H24N4O4S/c1-15-24(16(2)34-28-15)18-11-21(26(27)31)25-20-13-19(29-35(3,32)33)9-10-22(20)30(23(25)12-18)14-17-7-5-4-6-8-17/h4-13,29H,14H2,1-3H3,(H2,27,31). The second-order valence-electron chi connectivity index (χ2n) is 8.66. The van der Waals surface area contributed by atoms with Gasteiger partial charge in [-0.15, -0.1) is 0 Å². The molecule has 2 aromatic heterocycles. The third kappa shape index (κ3) is 4.15. The van der Waals surface area contributed by atoms with E-state index in [0.717, 1.165) is 39.4 Å². The van der Waals surface area contributed by atoms with Crippen molar-refractivity contribution < 1.29 is 17.7 Å². The lowest BCUT2D eigenvalue weighted by molar-refractivity contribution is 0.100. The Labute approximate surface area is 202 Å². The molecule has 0 aliphatic heterocycles. The van der Waals surface area contributed by atoms with Gasteiger partial charge in [-0.3, -0.25) is 9.52 Å². The van der Waals surface area contributed by atoms with Gasteiger partial charge < -0.3 is 14.8 Å². The molecule has 1 amide bonds. The lowest BCUT2D eigenvalue weighted by Gasteiger charge is -2.10. The number of carbonyl (C=O) groups excluding carboxylic acids is 1. The van der Waals surface area contributed by atoms with Gasteiger partial charge in [0.25, 0.3) is 0 Å². The number of aromatic nitrogens is 2. The predicted octanol–water partition coefficient (Wildman–Crippen LogP) is 4.59. The van der Waals surface area contributed by atoms with Crippen molar-refractivity contribution in [3.8, 4) is 11.1 Å². The van der Waals surface area contributed by atoms with Gasteiger partial charge in [-0.05, 0) is 55.3 Å². The summed E-state index contributed by atoms with van der Waals surface area (Å²) in [6.45, 7) is 4.22. The molecule has 0 radical (unpaired) electrons. The summed E-state index contributed by atoms with van der Waals surface area (Å²) in [6.07, 6.45) is 1.10. The summed E-state index contributed by atoms with van der Waals surface area (Å²) < 4.78 is 33.7. The van der Waals surface area contributed by atoms with Crippen LogP contribution in [0.25, 0.3) is 32.9 Å². The van der Waals surface area contributed by atoms with Crippen LogP contribution < -0.4 is 10.5 Å². The summed E-state index contributed by atoms with van der Waals surface area (Å²) in [5.74, 6) is 0.0616. The fourth-order valence-corrected chi connectivity index (χ4v) is 5.23. The van der Waals surface area contributed by atoms with Crippen LogP contribution in [0.3, 0.4) is 0 Å². The molecule has 9 heteroatoms. The maximum absolute atomic E-state index is 12.7. The molecule has 0 bridgehead atoms. The van der Waals surface area contributed by atoms with Gasteiger partial charge in [-0.1, -0.05) is 35.5 Å². The highest BCUT2D eigenvalue weighted by Crippen LogP contribution is 2.38. The quantitative estimate of drug-likeness (QED) is 0.362. The van der Waals surface area contributed by atoms with Crippen LogP contribution in [0.15, 0.2) is 65.2 Å². The number of fused-ring (bicyclic) bond motifs is 3. The number of anilines is 1. The second-order valence-corrected chi connectivity index (χ2v) is 10.4. The van der Waals surface area contributed by atoms with Crippen LogP contribution in [-0.4, -0.2) is 30.3 Å². The first kappa shape index (κ1) is 22.7. The third-order valence-electron chi connectivity index (χ3n) is 6.04. The van der Waals surface area contributed by atoms with Crippen LogP contribution in [0, 0.1) is 13.8 Å². The van der Waals surface area contributed by atoms with Gasteiger partial charge in [0.15, 0.2) is 0 Å². The van der Waals surface area contributed by atoms with Crippen LogP contribution in [0.1, 0.15) is 27.4 Å². The minimum Gasteiger partial charge on any atom is -0.366 e. The van der Waals surface area contributed by atoms with Gasteiger partial charge in [-0.25, -0.2) is 8.42 Å². The van der Waals surface area contributed by atoms with E-state index in [-0.39, 0.29) is 0 Å². The average Bonchev–Trinajstić information content (AvgIpc) is 3.29. The molecular weight excluding hydrogens is 464 g/mol. The molecule has 0 saturated carbocycles. The number of nitrogens with one attached hydrogen (secondary N) is 1. The van der Waals surface area contributed by atoms with Crippen molar-refractivity contribution in [1.82, 2.24) is 9.72 Å². The number of benzene rings is 3. The lowest BCUT2D eigenvalue weighted by Crippen LogP contribution is -2.12. The monoisotopic (exact) mass is 488 g/mol. The molecule has 0 spiro atoms. The van der Waals surface area contributed by atoms with Crippen molar-refractivity contribution in [3.05, 3.63) is 83.2 Å². The number of sulfonamides is 1. The van der Waals surface area contributed by atoms with Crippen molar-refractivity contribution in [3.63, 3.8) is 0 Å². The Hall–Kier alpha value is -4.11. The Kier molecular flexibility index (Phi) is 5.36. The summed E-state index contributed by atoms with van der Waals surface area (Å²) >= 11 is 0. The summed E-state index contributed by atoms with van der Waals surface area (Å²) in [4.78, 5) is 12.7. The Morgan fingerprint density at radius 3 is 2.43 bits per heavy atom. The van der Waals surface area contributed by atoms with Gasteiger partial charge in [0.2, 0.25) is 15.9 Å². The second kappa shape index (κ2) is 8.28. The number of nitrogens with zero attached hydrogens (tertiary/aromatic N) is 2. The van der Waals surface area contributed by atoms with Crippen molar-refractivity contribution >= 4 is 43.4 Å². The van der Waals surface area contributed by atoms with E-state index in [1.54, 1.807) is 18.2 Å². The summed E-state index contributed by atoms with van der Waals surface area (Å²) in [6, 6.07) is 19.0. The number of aryl methyl sites for hydroxylation is 2. The zero-order chi connectivity index (χ0) is 24.9. The molecule has 0 aliphatic rings. The number of rotatable bonds is 6. The topological polar surface area (TPSA) is 120 Å². The van der Waals surface area contributed by atoms with Crippen molar-refractivity contribution in [2.45, 2.75) is 20.4 Å². The van der Waals surface area contributed by atoms with E-state index < -0.39 is 15.9 Å². The van der Waals surface area contributed by atoms with Crippen LogP contribution >= 0.6 is 0 Å². The first-order valence-corrected chi connectivity index (χ1v) is 12.9. The summed E-state index contributed by atoms with van der Waals surface area (Å²) in [5.41, 5.74) is 11.6. The zero-order valence-electron chi connectivity index (χ0n) is 19.5. The number of hydrogen-bond donors (Lipinski definition) is 2. The molecule has 5 rings (SSSR count). The predicted molar refractivity (Wildman–Crippen MR) is 137 cm³/mol. The maximum Gasteiger partial charge on any atom is 0.249 e. The number of primary amides is 1. The van der Waals surface area contributed by atoms with Crippen LogP contribution in [0.4, 0.5) is 5.69 Å². The Bertz CT molecular complexity index is 1700. The minimum atomic E-state index is -3.48. The molecule has 178 valence electrons. The van der Waals surface area contributed by atoms with E-state index in [9.17, 15) is 13.2 Å². The van der Waals surface area contributed by atoms with E-state index >= 15 is 0 Å². The van der Waals surface area contributed by atoms with Gasteiger partial charge in [0.05, 0.1) is 17.5 Å². The van der Waals surface area contributed by atoms with Crippen molar-refractivity contribution in [2.75, 3.05) is 11.0 Å². The zero-order valence-corrected chi connectivity index (χ0v) is 20.3.